The van der Waals surface area contributed by atoms with Crippen LogP contribution in [0.1, 0.15) is 0 Å². The van der Waals surface area contributed by atoms with Crippen LogP contribution in [0.3, 0.4) is 0 Å². The van der Waals surface area contributed by atoms with E-state index < -0.39 is 0 Å². The van der Waals surface area contributed by atoms with E-state index in [0.717, 1.165) is 99.2 Å². The molecule has 0 bridgehead atoms. The van der Waals surface area contributed by atoms with Crippen LogP contribution in [0.25, 0.3) is 117 Å². The lowest BCUT2D eigenvalue weighted by Crippen LogP contribution is -2.00. The minimum Gasteiger partial charge on any atom is -0.456 e. The van der Waals surface area contributed by atoms with Gasteiger partial charge in [-0.3, -0.25) is 0 Å². The van der Waals surface area contributed by atoms with E-state index in [9.17, 15) is 0 Å². The van der Waals surface area contributed by atoms with Gasteiger partial charge in [0.05, 0.1) is 16.7 Å². The molecule has 0 unspecified atom stereocenters. The monoisotopic (exact) mass is 730 g/mol. The molecule has 0 aliphatic rings. The Hall–Kier alpha value is -7.83. The van der Waals surface area contributed by atoms with Crippen LogP contribution in [0.15, 0.2) is 191 Å². The lowest BCUT2D eigenvalue weighted by Gasteiger charge is -2.10. The molecule has 0 atom stereocenters. The highest BCUT2D eigenvalue weighted by Crippen LogP contribution is 2.42. The molecule has 0 amide bonds. The van der Waals surface area contributed by atoms with E-state index in [1.54, 1.807) is 0 Å². The zero-order chi connectivity index (χ0) is 37.5. The molecule has 4 aromatic heterocycles. The van der Waals surface area contributed by atoms with E-state index in [1.165, 1.54) is 0 Å². The van der Waals surface area contributed by atoms with Crippen molar-refractivity contribution in [1.82, 2.24) is 19.5 Å². The molecule has 266 valence electrons. The number of benzene rings is 8. The summed E-state index contributed by atoms with van der Waals surface area (Å²) in [4.78, 5) is 15.4. The highest BCUT2D eigenvalue weighted by atomic mass is 16.3. The molecule has 6 heteroatoms. The van der Waals surface area contributed by atoms with Gasteiger partial charge in [0.2, 0.25) is 0 Å². The normalized spacial score (nSPS) is 11.9. The van der Waals surface area contributed by atoms with Crippen LogP contribution in [0.4, 0.5) is 0 Å². The summed E-state index contributed by atoms with van der Waals surface area (Å²) in [5.41, 5.74) is 11.5. The predicted octanol–water partition coefficient (Wildman–Crippen LogP) is 13.4. The van der Waals surface area contributed by atoms with Crippen molar-refractivity contribution in [2.75, 3.05) is 0 Å². The van der Waals surface area contributed by atoms with Gasteiger partial charge in [-0.2, -0.15) is 0 Å². The Kier molecular flexibility index (Phi) is 6.83. The summed E-state index contributed by atoms with van der Waals surface area (Å²) in [7, 11) is 0. The van der Waals surface area contributed by atoms with Crippen LogP contribution >= 0.6 is 0 Å². The van der Waals surface area contributed by atoms with Crippen LogP contribution < -0.4 is 0 Å². The van der Waals surface area contributed by atoms with E-state index in [0.29, 0.717) is 17.5 Å². The van der Waals surface area contributed by atoms with Gasteiger partial charge in [-0.05, 0) is 59.7 Å². The lowest BCUT2D eigenvalue weighted by atomic mass is 9.99. The third-order valence-corrected chi connectivity index (χ3v) is 11.1. The zero-order valence-corrected chi connectivity index (χ0v) is 30.4. The van der Waals surface area contributed by atoms with Gasteiger partial charge in [-0.1, -0.05) is 133 Å². The van der Waals surface area contributed by atoms with Crippen LogP contribution in [-0.2, 0) is 0 Å². The van der Waals surface area contributed by atoms with Crippen LogP contribution in [0.2, 0.25) is 0 Å². The molecule has 4 heterocycles. The minimum absolute atomic E-state index is 0.588. The highest BCUT2D eigenvalue weighted by molar-refractivity contribution is 6.16. The first-order valence-corrected chi connectivity index (χ1v) is 19.0. The van der Waals surface area contributed by atoms with E-state index in [1.807, 2.05) is 66.7 Å². The summed E-state index contributed by atoms with van der Waals surface area (Å²) < 4.78 is 15.3. The Morgan fingerprint density at radius 1 is 0.351 bits per heavy atom. The number of rotatable bonds is 5. The van der Waals surface area contributed by atoms with E-state index in [-0.39, 0.29) is 0 Å². The molecular weight excluding hydrogens is 701 g/mol. The van der Waals surface area contributed by atoms with Crippen LogP contribution in [-0.4, -0.2) is 19.5 Å². The zero-order valence-electron chi connectivity index (χ0n) is 30.4. The molecule has 6 nitrogen and oxygen atoms in total. The van der Waals surface area contributed by atoms with Crippen molar-refractivity contribution in [3.8, 4) is 51.0 Å². The fraction of sp³-hybridized carbons (Fsp3) is 0. The largest absolute Gasteiger partial charge is 0.456 e. The first kappa shape index (κ1) is 31.5. The topological polar surface area (TPSA) is 69.9 Å². The highest BCUT2D eigenvalue weighted by Gasteiger charge is 2.22. The van der Waals surface area contributed by atoms with Crippen molar-refractivity contribution in [1.29, 1.82) is 0 Å². The maximum absolute atomic E-state index is 6.77. The molecule has 0 N–H and O–H groups in total. The molecule has 8 aromatic carbocycles. The third-order valence-electron chi connectivity index (χ3n) is 11.1. The number of fused-ring (bicyclic) bond motifs is 9. The minimum atomic E-state index is 0.588. The molecule has 0 fully saturated rings. The Morgan fingerprint density at radius 3 is 1.75 bits per heavy atom. The summed E-state index contributed by atoms with van der Waals surface area (Å²) in [6.45, 7) is 0. The summed E-state index contributed by atoms with van der Waals surface area (Å²) in [6.07, 6.45) is 0. The van der Waals surface area contributed by atoms with Crippen LogP contribution in [0.5, 0.6) is 0 Å². The Morgan fingerprint density at radius 2 is 0.930 bits per heavy atom. The SMILES string of the molecule is c1ccc(-c2nc(-c3ccc4c(c3)c3ccccc3n4-c3cccc4c3oc3cccc(-c5ccccc5)c34)nc(-c3cccc4oc5ccccc5c34)n2)cc1. The van der Waals surface area contributed by atoms with E-state index in [4.69, 9.17) is 23.8 Å². The molecule has 0 saturated carbocycles. The summed E-state index contributed by atoms with van der Waals surface area (Å²) in [5, 5.41) is 6.42. The standard InChI is InChI=1S/C51H30N4O2/c1-3-14-31(15-4-1)34-20-12-27-45-46(34)37-21-11-24-42(48(37)57-45)55-40-23-9-7-18-35(40)39-30-33(28-29-41(39)55)50-52-49(32-16-5-2-6-17-32)53-51(54-50)38-22-13-26-44-47(38)36-19-8-10-25-43(36)56-44/h1-30H. The van der Waals surface area contributed by atoms with E-state index >= 15 is 0 Å². The molecule has 12 rings (SSSR count). The summed E-state index contributed by atoms with van der Waals surface area (Å²) >= 11 is 0. The maximum Gasteiger partial charge on any atom is 0.164 e. The van der Waals surface area contributed by atoms with Crippen molar-refractivity contribution >= 4 is 65.7 Å². The smallest absolute Gasteiger partial charge is 0.164 e. The lowest BCUT2D eigenvalue weighted by molar-refractivity contribution is 0.666. The number of aromatic nitrogens is 4. The predicted molar refractivity (Wildman–Crippen MR) is 230 cm³/mol. The van der Waals surface area contributed by atoms with Gasteiger partial charge in [-0.25, -0.2) is 15.0 Å². The Bertz CT molecular complexity index is 3530. The number of hydrogen-bond donors (Lipinski definition) is 0. The number of nitrogens with zero attached hydrogens (tertiary/aromatic N) is 4. The van der Waals surface area contributed by atoms with Crippen molar-refractivity contribution in [3.05, 3.63) is 182 Å². The average Bonchev–Trinajstić information content (AvgIpc) is 3.96. The van der Waals surface area contributed by atoms with Gasteiger partial charge in [0.25, 0.3) is 0 Å². The molecule has 0 saturated heterocycles. The maximum atomic E-state index is 6.77. The molecule has 0 aliphatic carbocycles. The second-order valence-electron chi connectivity index (χ2n) is 14.3. The summed E-state index contributed by atoms with van der Waals surface area (Å²) in [6, 6.07) is 62.6. The van der Waals surface area contributed by atoms with Gasteiger partial charge in [0.1, 0.15) is 16.7 Å². The van der Waals surface area contributed by atoms with Gasteiger partial charge in [0, 0.05) is 49.0 Å². The molecule has 0 radical (unpaired) electrons. The van der Waals surface area contributed by atoms with Gasteiger partial charge in [0.15, 0.2) is 23.1 Å². The molecule has 12 aromatic rings. The molecular formula is C51H30N4O2. The number of furan rings is 2. The molecule has 57 heavy (non-hydrogen) atoms. The average molecular weight is 731 g/mol. The number of hydrogen-bond acceptors (Lipinski definition) is 5. The first-order valence-electron chi connectivity index (χ1n) is 19.0. The van der Waals surface area contributed by atoms with Gasteiger partial charge in [-0.15, -0.1) is 0 Å². The van der Waals surface area contributed by atoms with Gasteiger partial charge >= 0.3 is 0 Å². The molecule has 0 spiro atoms. The Labute approximate surface area is 325 Å². The second kappa shape index (κ2) is 12.3. The molecule has 0 aliphatic heterocycles. The quantitative estimate of drug-likeness (QED) is 0.176. The summed E-state index contributed by atoms with van der Waals surface area (Å²) in [5.74, 6) is 1.79. The van der Waals surface area contributed by atoms with Gasteiger partial charge < -0.3 is 13.4 Å². The Balaban J connectivity index is 1.08. The van der Waals surface area contributed by atoms with Crippen molar-refractivity contribution in [3.63, 3.8) is 0 Å². The van der Waals surface area contributed by atoms with Crippen LogP contribution in [0, 0.1) is 0 Å². The second-order valence-corrected chi connectivity index (χ2v) is 14.3. The third kappa shape index (κ3) is 4.87. The van der Waals surface area contributed by atoms with Crippen molar-refractivity contribution in [2.45, 2.75) is 0 Å². The fourth-order valence-electron chi connectivity index (χ4n) is 8.54. The number of para-hydroxylation sites is 3. The van der Waals surface area contributed by atoms with Crippen molar-refractivity contribution < 1.29 is 8.83 Å². The van der Waals surface area contributed by atoms with Crippen molar-refractivity contribution in [2.24, 2.45) is 0 Å². The first-order chi connectivity index (χ1) is 28.3. The van der Waals surface area contributed by atoms with E-state index in [2.05, 4.69) is 120 Å². The fourth-order valence-corrected chi connectivity index (χ4v) is 8.54.